The molecule has 1 N–H and O–H groups in total. The summed E-state index contributed by atoms with van der Waals surface area (Å²) < 4.78 is 0. The van der Waals surface area contributed by atoms with E-state index < -0.39 is 4.92 Å². The zero-order valence-corrected chi connectivity index (χ0v) is 10.4. The van der Waals surface area contributed by atoms with Gasteiger partial charge in [-0.2, -0.15) is 0 Å². The summed E-state index contributed by atoms with van der Waals surface area (Å²) in [6, 6.07) is 1.37. The number of nitro groups is 1. The van der Waals surface area contributed by atoms with E-state index in [9.17, 15) is 10.1 Å². The van der Waals surface area contributed by atoms with Crippen LogP contribution < -0.4 is 10.2 Å². The van der Waals surface area contributed by atoms with Crippen LogP contribution in [0.2, 0.25) is 5.02 Å². The number of anilines is 1. The van der Waals surface area contributed by atoms with E-state index in [1.807, 2.05) is 4.90 Å². The van der Waals surface area contributed by atoms with Gasteiger partial charge in [0.1, 0.15) is 0 Å². The van der Waals surface area contributed by atoms with Gasteiger partial charge in [0.25, 0.3) is 0 Å². The van der Waals surface area contributed by atoms with E-state index in [1.54, 1.807) is 0 Å². The molecule has 2 saturated heterocycles. The summed E-state index contributed by atoms with van der Waals surface area (Å²) in [5.74, 6) is 1.59. The number of aromatic nitrogens is 1. The molecule has 3 heterocycles. The molecule has 1 aromatic heterocycles. The maximum Gasteiger partial charge on any atom is 0.313 e. The number of hydrogen-bond donors (Lipinski definition) is 1. The molecular formula is C11H13ClN4O2. The van der Waals surface area contributed by atoms with E-state index >= 15 is 0 Å². The molecule has 0 unspecified atom stereocenters. The second-order valence-electron chi connectivity index (χ2n) is 4.84. The minimum atomic E-state index is -0.416. The van der Waals surface area contributed by atoms with Crippen molar-refractivity contribution in [2.24, 2.45) is 11.8 Å². The van der Waals surface area contributed by atoms with Crippen molar-refractivity contribution >= 4 is 23.1 Å². The molecule has 0 saturated carbocycles. The highest BCUT2D eigenvalue weighted by molar-refractivity contribution is 6.30. The van der Waals surface area contributed by atoms with Crippen molar-refractivity contribution in [1.29, 1.82) is 0 Å². The van der Waals surface area contributed by atoms with E-state index in [0.29, 0.717) is 22.7 Å². The van der Waals surface area contributed by atoms with Gasteiger partial charge < -0.3 is 10.2 Å². The average molecular weight is 269 g/mol. The Morgan fingerprint density at radius 2 is 2.11 bits per heavy atom. The molecular weight excluding hydrogens is 256 g/mol. The van der Waals surface area contributed by atoms with Crippen LogP contribution in [-0.4, -0.2) is 36.1 Å². The van der Waals surface area contributed by atoms with E-state index in [-0.39, 0.29) is 5.69 Å². The van der Waals surface area contributed by atoms with Crippen molar-refractivity contribution in [3.63, 3.8) is 0 Å². The van der Waals surface area contributed by atoms with Crippen LogP contribution in [0.1, 0.15) is 0 Å². The summed E-state index contributed by atoms with van der Waals surface area (Å²) in [6.07, 6.45) is 1.47. The van der Waals surface area contributed by atoms with Crippen molar-refractivity contribution in [2.45, 2.75) is 0 Å². The maximum absolute atomic E-state index is 11.0. The number of nitrogens with one attached hydrogen (secondary N) is 1. The van der Waals surface area contributed by atoms with Gasteiger partial charge >= 0.3 is 5.69 Å². The van der Waals surface area contributed by atoms with Crippen LogP contribution in [0.3, 0.4) is 0 Å². The second-order valence-corrected chi connectivity index (χ2v) is 5.27. The third kappa shape index (κ3) is 1.91. The van der Waals surface area contributed by atoms with Crippen LogP contribution in [-0.2, 0) is 0 Å². The van der Waals surface area contributed by atoms with Gasteiger partial charge in [-0.05, 0) is 11.8 Å². The lowest BCUT2D eigenvalue weighted by molar-refractivity contribution is -0.384. The molecule has 0 aromatic carbocycles. The largest absolute Gasteiger partial charge is 0.350 e. The number of hydrogen-bond acceptors (Lipinski definition) is 5. The quantitative estimate of drug-likeness (QED) is 0.647. The smallest absolute Gasteiger partial charge is 0.313 e. The van der Waals surface area contributed by atoms with Crippen LogP contribution in [0, 0.1) is 22.0 Å². The lowest BCUT2D eigenvalue weighted by Gasteiger charge is -2.18. The number of halogens is 1. The van der Waals surface area contributed by atoms with Gasteiger partial charge in [-0.3, -0.25) is 10.1 Å². The zero-order chi connectivity index (χ0) is 12.7. The van der Waals surface area contributed by atoms with Crippen LogP contribution in [0.15, 0.2) is 12.3 Å². The van der Waals surface area contributed by atoms with E-state index in [1.165, 1.54) is 12.3 Å². The van der Waals surface area contributed by atoms with Gasteiger partial charge in [0, 0.05) is 38.4 Å². The Morgan fingerprint density at radius 3 is 2.72 bits per heavy atom. The maximum atomic E-state index is 11.0. The molecule has 2 aliphatic rings. The van der Waals surface area contributed by atoms with Crippen LogP contribution in [0.25, 0.3) is 0 Å². The molecule has 0 radical (unpaired) electrons. The summed E-state index contributed by atoms with van der Waals surface area (Å²) in [5.41, 5.74) is -0.00423. The van der Waals surface area contributed by atoms with Gasteiger partial charge in [0.2, 0.25) is 5.82 Å². The number of rotatable bonds is 2. The molecule has 2 aliphatic heterocycles. The molecule has 0 bridgehead atoms. The highest BCUT2D eigenvalue weighted by Crippen LogP contribution is 2.35. The first-order valence-corrected chi connectivity index (χ1v) is 6.28. The third-order valence-electron chi connectivity index (χ3n) is 3.70. The van der Waals surface area contributed by atoms with Crippen molar-refractivity contribution in [2.75, 3.05) is 31.1 Å². The van der Waals surface area contributed by atoms with Gasteiger partial charge in [-0.25, -0.2) is 4.98 Å². The summed E-state index contributed by atoms with van der Waals surface area (Å²) >= 11 is 5.77. The molecule has 2 fully saturated rings. The lowest BCUT2D eigenvalue weighted by Crippen LogP contribution is -2.26. The second kappa shape index (κ2) is 4.37. The van der Waals surface area contributed by atoms with E-state index in [0.717, 1.165) is 26.2 Å². The van der Waals surface area contributed by atoms with Crippen molar-refractivity contribution in [3.05, 3.63) is 27.4 Å². The topological polar surface area (TPSA) is 71.3 Å². The molecule has 0 aliphatic carbocycles. The monoisotopic (exact) mass is 268 g/mol. The SMILES string of the molecule is O=[N+]([O-])c1cc(Cl)cnc1N1C[C@H]2CNC[C@H]2C1. The summed E-state index contributed by atoms with van der Waals surface area (Å²) in [6.45, 7) is 3.63. The molecule has 2 atom stereocenters. The van der Waals surface area contributed by atoms with E-state index in [2.05, 4.69) is 10.3 Å². The molecule has 3 rings (SSSR count). The fraction of sp³-hybridized carbons (Fsp3) is 0.545. The van der Waals surface area contributed by atoms with Crippen LogP contribution in [0.4, 0.5) is 11.5 Å². The van der Waals surface area contributed by atoms with Gasteiger partial charge in [-0.1, -0.05) is 11.6 Å². The number of pyridine rings is 1. The highest BCUT2D eigenvalue weighted by Gasteiger charge is 2.38. The Bertz CT molecular complexity index is 484. The Balaban J connectivity index is 1.90. The summed E-state index contributed by atoms with van der Waals surface area (Å²) in [4.78, 5) is 16.8. The van der Waals surface area contributed by atoms with Gasteiger partial charge in [0.15, 0.2) is 0 Å². The molecule has 0 amide bonds. The molecule has 0 spiro atoms. The lowest BCUT2D eigenvalue weighted by atomic mass is 10.0. The van der Waals surface area contributed by atoms with Crippen molar-refractivity contribution in [3.8, 4) is 0 Å². The van der Waals surface area contributed by atoms with E-state index in [4.69, 9.17) is 11.6 Å². The Labute approximate surface area is 109 Å². The Hall–Kier alpha value is -1.40. The summed E-state index contributed by atoms with van der Waals surface area (Å²) in [5, 5.41) is 14.7. The Morgan fingerprint density at radius 1 is 1.44 bits per heavy atom. The minimum Gasteiger partial charge on any atom is -0.350 e. The fourth-order valence-electron chi connectivity index (χ4n) is 2.83. The predicted octanol–water partition coefficient (Wildman–Crippen LogP) is 1.30. The minimum absolute atomic E-state index is 0.00423. The highest BCUT2D eigenvalue weighted by atomic mass is 35.5. The van der Waals surface area contributed by atoms with Crippen molar-refractivity contribution < 1.29 is 4.92 Å². The average Bonchev–Trinajstić information content (AvgIpc) is 2.88. The first kappa shape index (κ1) is 11.7. The standard InChI is InChI=1S/C11H13ClN4O2/c12-9-1-10(16(17)18)11(14-4-9)15-5-7-2-13-3-8(7)6-15/h1,4,7-8,13H,2-3,5-6H2/t7-,8+. The molecule has 1 aromatic rings. The molecule has 96 valence electrons. The van der Waals surface area contributed by atoms with Crippen LogP contribution in [0.5, 0.6) is 0 Å². The van der Waals surface area contributed by atoms with Gasteiger partial charge in [-0.15, -0.1) is 0 Å². The van der Waals surface area contributed by atoms with Gasteiger partial charge in [0.05, 0.1) is 9.95 Å². The normalized spacial score (nSPS) is 26.4. The molecule has 7 heteroatoms. The third-order valence-corrected chi connectivity index (χ3v) is 3.91. The first-order chi connectivity index (χ1) is 8.65. The first-order valence-electron chi connectivity index (χ1n) is 5.91. The predicted molar refractivity (Wildman–Crippen MR) is 68.0 cm³/mol. The fourth-order valence-corrected chi connectivity index (χ4v) is 2.98. The zero-order valence-electron chi connectivity index (χ0n) is 9.67. The molecule has 18 heavy (non-hydrogen) atoms. The summed E-state index contributed by atoms with van der Waals surface area (Å²) in [7, 11) is 0. The van der Waals surface area contributed by atoms with Crippen LogP contribution >= 0.6 is 11.6 Å². The number of fused-ring (bicyclic) bond motifs is 1. The Kier molecular flexibility index (Phi) is 2.83. The molecule has 6 nitrogen and oxygen atoms in total. The number of nitrogens with zero attached hydrogens (tertiary/aromatic N) is 3. The van der Waals surface area contributed by atoms with Crippen molar-refractivity contribution in [1.82, 2.24) is 10.3 Å².